The summed E-state index contributed by atoms with van der Waals surface area (Å²) in [5, 5.41) is 14.9. The Morgan fingerprint density at radius 2 is 1.78 bits per heavy atom. The number of hydrogen-bond donors (Lipinski definition) is 3. The Morgan fingerprint density at radius 3 is 2.43 bits per heavy atom. The van der Waals surface area contributed by atoms with Gasteiger partial charge in [-0.1, -0.05) is 12.1 Å². The average Bonchev–Trinajstić information content (AvgIpc) is 2.49. The van der Waals surface area contributed by atoms with Crippen LogP contribution in [-0.2, 0) is 0 Å². The minimum Gasteiger partial charge on any atom is -0.508 e. The molecule has 0 saturated carbocycles. The number of rotatable bonds is 4. The molecule has 1 amide bonds. The summed E-state index contributed by atoms with van der Waals surface area (Å²) in [5.74, 6) is 0.315. The van der Waals surface area contributed by atoms with Crippen molar-refractivity contribution in [2.45, 2.75) is 20.0 Å². The molecule has 2 aromatic carbocycles. The van der Waals surface area contributed by atoms with Crippen LogP contribution in [0.5, 0.6) is 11.5 Å². The molecule has 120 valence electrons. The third-order valence-electron chi connectivity index (χ3n) is 2.85. The maximum absolute atomic E-state index is 12.3. The lowest BCUT2D eigenvalue weighted by Crippen LogP contribution is -2.34. The molecule has 0 aliphatic rings. The lowest BCUT2D eigenvalue weighted by molar-refractivity contribution is 0.0972. The highest BCUT2D eigenvalue weighted by Gasteiger charge is 2.14. The first kappa shape index (κ1) is 16.8. The Labute approximate surface area is 140 Å². The van der Waals surface area contributed by atoms with Gasteiger partial charge in [0.05, 0.1) is 11.7 Å². The molecule has 0 aliphatic carbocycles. The number of carbonyl (C=O) groups excluding carboxylic acids is 1. The van der Waals surface area contributed by atoms with E-state index in [0.29, 0.717) is 17.0 Å². The number of ether oxygens (including phenoxy) is 1. The van der Waals surface area contributed by atoms with Crippen LogP contribution in [0.25, 0.3) is 0 Å². The van der Waals surface area contributed by atoms with Crippen LogP contribution in [0.1, 0.15) is 24.2 Å². The molecule has 0 spiro atoms. The quantitative estimate of drug-likeness (QED) is 0.593. The van der Waals surface area contributed by atoms with Crippen LogP contribution in [0.3, 0.4) is 0 Å². The molecule has 0 heterocycles. The van der Waals surface area contributed by atoms with E-state index in [1.165, 1.54) is 12.1 Å². The molecule has 0 radical (unpaired) electrons. The number of phenols is 1. The number of para-hydroxylation sites is 1. The predicted molar refractivity (Wildman–Crippen MR) is 94.0 cm³/mol. The van der Waals surface area contributed by atoms with E-state index in [1.807, 2.05) is 19.9 Å². The van der Waals surface area contributed by atoms with Gasteiger partial charge in [0.1, 0.15) is 11.5 Å². The Bertz CT molecular complexity index is 699. The number of thiocarbonyl (C=S) groups is 1. The van der Waals surface area contributed by atoms with Gasteiger partial charge < -0.3 is 15.2 Å². The van der Waals surface area contributed by atoms with Crippen molar-refractivity contribution < 1.29 is 14.6 Å². The number of carbonyl (C=O) groups is 1. The van der Waals surface area contributed by atoms with Crippen LogP contribution in [0, 0.1) is 0 Å². The van der Waals surface area contributed by atoms with Crippen molar-refractivity contribution in [1.82, 2.24) is 5.32 Å². The Kier molecular flexibility index (Phi) is 5.54. The van der Waals surface area contributed by atoms with E-state index in [1.54, 1.807) is 30.3 Å². The first-order chi connectivity index (χ1) is 11.0. The fraction of sp³-hybridized carbons (Fsp3) is 0.176. The highest BCUT2D eigenvalue weighted by molar-refractivity contribution is 7.80. The molecule has 23 heavy (non-hydrogen) atoms. The van der Waals surface area contributed by atoms with E-state index < -0.39 is 0 Å². The number of hydrogen-bond acceptors (Lipinski definition) is 4. The van der Waals surface area contributed by atoms with Crippen LogP contribution < -0.4 is 15.4 Å². The second-order valence-electron chi connectivity index (χ2n) is 5.12. The molecule has 0 atom stereocenters. The molecule has 0 fully saturated rings. The summed E-state index contributed by atoms with van der Waals surface area (Å²) in [5.41, 5.74) is 1.08. The van der Waals surface area contributed by atoms with Crippen molar-refractivity contribution in [3.8, 4) is 11.5 Å². The number of amides is 1. The maximum Gasteiger partial charge on any atom is 0.261 e. The van der Waals surface area contributed by atoms with Gasteiger partial charge in [0.25, 0.3) is 5.91 Å². The number of anilines is 1. The number of nitrogens with one attached hydrogen (secondary N) is 2. The number of benzene rings is 2. The fourth-order valence-corrected chi connectivity index (χ4v) is 2.10. The minimum atomic E-state index is -0.350. The van der Waals surface area contributed by atoms with Gasteiger partial charge in [0.15, 0.2) is 5.11 Å². The van der Waals surface area contributed by atoms with Gasteiger partial charge >= 0.3 is 0 Å². The van der Waals surface area contributed by atoms with E-state index in [-0.39, 0.29) is 22.9 Å². The fourth-order valence-electron chi connectivity index (χ4n) is 1.89. The lowest BCUT2D eigenvalue weighted by atomic mass is 10.2. The molecular formula is C17H18N2O3S. The highest BCUT2D eigenvalue weighted by Crippen LogP contribution is 2.19. The van der Waals surface area contributed by atoms with E-state index in [2.05, 4.69) is 10.6 Å². The van der Waals surface area contributed by atoms with Crippen LogP contribution in [-0.4, -0.2) is 22.2 Å². The van der Waals surface area contributed by atoms with Crippen LogP contribution >= 0.6 is 12.2 Å². The van der Waals surface area contributed by atoms with E-state index in [9.17, 15) is 9.90 Å². The maximum atomic E-state index is 12.3. The van der Waals surface area contributed by atoms with Crippen molar-refractivity contribution in [1.29, 1.82) is 0 Å². The molecular weight excluding hydrogens is 312 g/mol. The average molecular weight is 330 g/mol. The summed E-state index contributed by atoms with van der Waals surface area (Å²) in [6.45, 7) is 3.79. The summed E-state index contributed by atoms with van der Waals surface area (Å²) in [6.07, 6.45) is -0.0361. The largest absolute Gasteiger partial charge is 0.508 e. The molecule has 0 bridgehead atoms. The molecule has 6 heteroatoms. The van der Waals surface area contributed by atoms with Crippen molar-refractivity contribution in [3.05, 3.63) is 54.1 Å². The minimum absolute atomic E-state index is 0.0361. The van der Waals surface area contributed by atoms with E-state index >= 15 is 0 Å². The molecule has 2 rings (SSSR count). The van der Waals surface area contributed by atoms with Gasteiger partial charge in [-0.05, 0) is 62.5 Å². The second-order valence-corrected chi connectivity index (χ2v) is 5.53. The van der Waals surface area contributed by atoms with Crippen molar-refractivity contribution in [2.75, 3.05) is 5.32 Å². The number of aromatic hydroxyl groups is 1. The number of phenolic OH excluding ortho intramolecular Hbond substituents is 1. The lowest BCUT2D eigenvalue weighted by Gasteiger charge is -2.14. The van der Waals surface area contributed by atoms with E-state index in [4.69, 9.17) is 17.0 Å². The van der Waals surface area contributed by atoms with Crippen LogP contribution in [0.15, 0.2) is 48.5 Å². The zero-order valence-corrected chi connectivity index (χ0v) is 13.7. The van der Waals surface area contributed by atoms with Gasteiger partial charge in [0.2, 0.25) is 0 Å². The van der Waals surface area contributed by atoms with Gasteiger partial charge in [-0.25, -0.2) is 0 Å². The second kappa shape index (κ2) is 7.60. The van der Waals surface area contributed by atoms with Crippen molar-refractivity contribution in [3.63, 3.8) is 0 Å². The van der Waals surface area contributed by atoms with Crippen LogP contribution in [0.2, 0.25) is 0 Å². The third-order valence-corrected chi connectivity index (χ3v) is 3.05. The SMILES string of the molecule is CC(C)Oc1ccccc1C(=O)NC(=S)Nc1ccc(O)cc1. The zero-order chi connectivity index (χ0) is 16.8. The van der Waals surface area contributed by atoms with E-state index in [0.717, 1.165) is 0 Å². The topological polar surface area (TPSA) is 70.6 Å². The highest BCUT2D eigenvalue weighted by atomic mass is 32.1. The van der Waals surface area contributed by atoms with Gasteiger partial charge in [-0.3, -0.25) is 10.1 Å². The van der Waals surface area contributed by atoms with Gasteiger partial charge in [-0.2, -0.15) is 0 Å². The third kappa shape index (κ3) is 4.96. The molecule has 0 saturated heterocycles. The van der Waals surface area contributed by atoms with Crippen LogP contribution in [0.4, 0.5) is 5.69 Å². The summed E-state index contributed by atoms with van der Waals surface area (Å²) >= 11 is 5.13. The van der Waals surface area contributed by atoms with Crippen molar-refractivity contribution in [2.24, 2.45) is 0 Å². The molecule has 0 unspecified atom stereocenters. The Hall–Kier alpha value is -2.60. The predicted octanol–water partition coefficient (Wildman–Crippen LogP) is 3.31. The Morgan fingerprint density at radius 1 is 1.13 bits per heavy atom. The summed E-state index contributed by atoms with van der Waals surface area (Å²) in [4.78, 5) is 12.3. The molecule has 3 N–H and O–H groups in total. The van der Waals surface area contributed by atoms with Crippen molar-refractivity contribution >= 4 is 28.9 Å². The van der Waals surface area contributed by atoms with Gasteiger partial charge in [0, 0.05) is 5.69 Å². The van der Waals surface area contributed by atoms with Gasteiger partial charge in [-0.15, -0.1) is 0 Å². The molecule has 0 aromatic heterocycles. The summed E-state index contributed by atoms with van der Waals surface area (Å²) in [6, 6.07) is 13.4. The normalized spacial score (nSPS) is 10.2. The standard InChI is InChI=1S/C17H18N2O3S/c1-11(2)22-15-6-4-3-5-14(15)16(21)19-17(23)18-12-7-9-13(20)10-8-12/h3-11,20H,1-2H3,(H2,18,19,21,23). The smallest absolute Gasteiger partial charge is 0.261 e. The first-order valence-corrected chi connectivity index (χ1v) is 7.53. The molecule has 2 aromatic rings. The first-order valence-electron chi connectivity index (χ1n) is 7.13. The Balaban J connectivity index is 2.04. The molecule has 5 nitrogen and oxygen atoms in total. The zero-order valence-electron chi connectivity index (χ0n) is 12.9. The summed E-state index contributed by atoms with van der Waals surface area (Å²) < 4.78 is 5.63. The monoisotopic (exact) mass is 330 g/mol. The molecule has 0 aliphatic heterocycles. The summed E-state index contributed by atoms with van der Waals surface area (Å²) in [7, 11) is 0.